The Balaban J connectivity index is 0.00000607. The van der Waals surface area contributed by atoms with Gasteiger partial charge in [0.25, 0.3) is 0 Å². The van der Waals surface area contributed by atoms with E-state index in [4.69, 9.17) is 0 Å². The van der Waals surface area contributed by atoms with Gasteiger partial charge in [0.05, 0.1) is 31.1 Å². The van der Waals surface area contributed by atoms with Crippen LogP contribution in [0.2, 0.25) is 0 Å². The van der Waals surface area contributed by atoms with Crippen LogP contribution in [0, 0.1) is 0 Å². The number of nitrogens with zero attached hydrogens (tertiary/aromatic N) is 4. The molecule has 2 aliphatic carbocycles. The van der Waals surface area contributed by atoms with Crippen LogP contribution in [-0.4, -0.2) is 96.5 Å². The van der Waals surface area contributed by atoms with Crippen LogP contribution in [0.15, 0.2) is 258 Å². The number of hydrogen-bond donors (Lipinski definition) is 3. The van der Waals surface area contributed by atoms with Gasteiger partial charge in [0, 0.05) is 158 Å². The van der Waals surface area contributed by atoms with Gasteiger partial charge < -0.3 is 36.5 Å². The summed E-state index contributed by atoms with van der Waals surface area (Å²) >= 11 is 17.0. The van der Waals surface area contributed by atoms with Crippen molar-refractivity contribution in [2.24, 2.45) is 0 Å². The number of rotatable bonds is 29. The zero-order chi connectivity index (χ0) is 84.5. The third kappa shape index (κ3) is 17.2. The van der Waals surface area contributed by atoms with Crippen LogP contribution in [0.4, 0.5) is 22.7 Å². The molecule has 6 aliphatic rings. The number of hydrogen-bond acceptors (Lipinski definition) is 10. The monoisotopic (exact) mass is 1940 g/mol. The van der Waals surface area contributed by atoms with Gasteiger partial charge in [-0.3, -0.25) is 0 Å². The predicted molar refractivity (Wildman–Crippen MR) is 529 cm³/mol. The lowest BCUT2D eigenvalue weighted by atomic mass is 9.79. The topological polar surface area (TPSA) is 212 Å². The highest BCUT2D eigenvalue weighted by atomic mass is 79.9. The van der Waals surface area contributed by atoms with Crippen molar-refractivity contribution in [3.63, 3.8) is 0 Å². The Morgan fingerprint density at radius 1 is 0.418 bits per heavy atom. The average Bonchev–Trinajstić information content (AvgIpc) is 1.58. The maximum absolute atomic E-state index is 12.1. The van der Waals surface area contributed by atoms with Gasteiger partial charge in [-0.05, 0) is 251 Å². The summed E-state index contributed by atoms with van der Waals surface area (Å²) in [5, 5.41) is 13.7. The first-order valence-electron chi connectivity index (χ1n) is 42.3. The smallest absolute Gasteiger partial charge is 0.210 e. The number of halogens is 4. The van der Waals surface area contributed by atoms with Crippen LogP contribution in [0.3, 0.4) is 0 Å². The Bertz CT molecular complexity index is 6090. The molecule has 0 aromatic heterocycles. The van der Waals surface area contributed by atoms with Gasteiger partial charge in [-0.15, -0.1) is 11.8 Å². The number of nitrogens with one attached hydrogen (secondary N) is 1. The largest absolute Gasteiger partial charge is 0.748 e. The Labute approximate surface area is 759 Å². The van der Waals surface area contributed by atoms with E-state index in [9.17, 15) is 25.9 Å². The fraction of sp³-hybridized carbons (Fsp3) is 0.314. The number of fused-ring (bicyclic) bond motifs is 14. The lowest BCUT2D eigenvalue weighted by molar-refractivity contribution is -0.438. The van der Waals surface area contributed by atoms with Crippen molar-refractivity contribution in [3.05, 3.63) is 303 Å². The molecule has 0 amide bonds. The summed E-state index contributed by atoms with van der Waals surface area (Å²) in [5.74, 6) is -0.172. The molecule has 4 heterocycles. The van der Waals surface area contributed by atoms with Crippen LogP contribution in [0.1, 0.15) is 178 Å². The van der Waals surface area contributed by atoms with Gasteiger partial charge in [0.15, 0.2) is 11.4 Å². The molecule has 0 fully saturated rings. The first kappa shape index (κ1) is 90.2. The summed E-state index contributed by atoms with van der Waals surface area (Å²) in [6.45, 7) is 26.7. The second-order valence-electron chi connectivity index (χ2n) is 34.9. The molecule has 0 radical (unpaired) electrons. The van der Waals surface area contributed by atoms with Crippen LogP contribution in [0.25, 0.3) is 65.4 Å². The fourth-order valence-electron chi connectivity index (χ4n) is 20.1. The molecule has 13 nitrogen and oxygen atoms in total. The summed E-state index contributed by atoms with van der Waals surface area (Å²) in [6.07, 6.45) is 27.0. The van der Waals surface area contributed by atoms with Gasteiger partial charge in [-0.2, -0.15) is 9.15 Å². The van der Waals surface area contributed by atoms with Gasteiger partial charge >= 0.3 is 0 Å². The molecule has 0 atom stereocenters. The molecule has 4 aliphatic heterocycles. The van der Waals surface area contributed by atoms with Crippen molar-refractivity contribution in [2.75, 3.05) is 59.8 Å². The highest BCUT2D eigenvalue weighted by Crippen LogP contribution is 2.56. The van der Waals surface area contributed by atoms with Crippen molar-refractivity contribution < 1.29 is 35.1 Å². The molecule has 122 heavy (non-hydrogen) atoms. The van der Waals surface area contributed by atoms with Crippen molar-refractivity contribution in [3.8, 4) is 0 Å². The standard InChI is InChI=1S/C102H103Br4N5O6S3.2H3N/c1-11-13-19-54-108-85-45-29-65-61-69(103)33-37-73(65)93(85)99(3,4)89(108)49-41-81-77-25-15-16-26-78(77)82(42-50-90-100(5,6)95-75-39-35-71(105)63-67(75)31-47-87(95)110(90)56-21-23-59-119(112,113)114)97(81)107-53-58-118-98-83(43-51-91-101(7,8)94-74-38-34-70(104)62-66(74)30-46-86(94)109(91)55-20-14-12-2)79-27-17-18-28-80(79)84(98)44-52-92-102(9,10)96-76-40-36-72(106)64-68(76)32-48-88(96)111(92)57-22-24-60-120(115,116)117;;/h15-18,25-52,61-64H,11-14,19-24,53-60H2,1-10H3,(H-,112,113,114,115,116,117);2*1H3/p+2/b82-42+,90-50+;;. The quantitative estimate of drug-likeness (QED) is 0.0229. The van der Waals surface area contributed by atoms with Crippen LogP contribution in [-0.2, 0) is 41.9 Å². The minimum Gasteiger partial charge on any atom is -0.748 e. The maximum Gasteiger partial charge on any atom is 0.210 e. The van der Waals surface area contributed by atoms with Crippen LogP contribution < -0.4 is 27.4 Å². The van der Waals surface area contributed by atoms with E-state index in [1.54, 1.807) is 0 Å². The molecule has 634 valence electrons. The minimum atomic E-state index is -4.42. The van der Waals surface area contributed by atoms with E-state index >= 15 is 0 Å². The zero-order valence-electron chi connectivity index (χ0n) is 72.0. The van der Waals surface area contributed by atoms with E-state index in [1.165, 1.54) is 66.6 Å². The number of allylic oxidation sites excluding steroid dienone is 14. The molecule has 0 spiro atoms. The van der Waals surface area contributed by atoms with Gasteiger partial charge in [0.2, 0.25) is 11.4 Å². The van der Waals surface area contributed by atoms with Crippen molar-refractivity contribution in [1.82, 2.24) is 17.6 Å². The lowest BCUT2D eigenvalue weighted by Gasteiger charge is -2.27. The fourth-order valence-corrected chi connectivity index (χ4v) is 23.8. The molecule has 0 saturated carbocycles. The molecule has 0 unspecified atom stereocenters. The molecule has 0 bridgehead atoms. The normalized spacial score (nSPS) is 18.1. The molecule has 10 aromatic carbocycles. The first-order chi connectivity index (χ1) is 57.4. The summed E-state index contributed by atoms with van der Waals surface area (Å²) in [4.78, 5) is 5.89. The Kier molecular flexibility index (Phi) is 26.7. The Morgan fingerprint density at radius 2 is 0.795 bits per heavy atom. The predicted octanol–water partition coefficient (Wildman–Crippen LogP) is 27.0. The lowest BCUT2D eigenvalue weighted by Crippen LogP contribution is -2.28. The highest BCUT2D eigenvalue weighted by Gasteiger charge is 2.49. The molecular weight excluding hydrogens is 1830 g/mol. The van der Waals surface area contributed by atoms with E-state index in [2.05, 4.69) is 376 Å². The Hall–Kier alpha value is -8.09. The van der Waals surface area contributed by atoms with Crippen LogP contribution >= 0.6 is 75.5 Å². The van der Waals surface area contributed by atoms with Crippen molar-refractivity contribution in [1.29, 1.82) is 0 Å². The van der Waals surface area contributed by atoms with E-state index in [1.807, 2.05) is 11.8 Å². The number of quaternary nitrogens is 2. The maximum atomic E-state index is 12.1. The molecule has 16 rings (SSSR count). The second-order valence-corrected chi connectivity index (χ2v) is 42.7. The zero-order valence-corrected chi connectivity index (χ0v) is 80.8. The molecular formula is C102H111Br4N7O6S3+2. The van der Waals surface area contributed by atoms with E-state index in [0.717, 1.165) is 169 Å². The minimum absolute atomic E-state index is 0. The average molecular weight is 1950 g/mol. The third-order valence-electron chi connectivity index (χ3n) is 25.6. The van der Waals surface area contributed by atoms with Gasteiger partial charge in [0.1, 0.15) is 13.1 Å². The van der Waals surface area contributed by atoms with E-state index in [-0.39, 0.29) is 36.0 Å². The SMILES string of the molecule is CCCCC[N+]1=C(/C=C/C2=C(NCCS/C3=C(\C=C\C4=[N+](CCCCC)c5ccc6cc(Br)ccc6c5C4(C)C)c4ccccc4\C3=C/C=C3/N(CCCCS(=O)(=O)[O-])c4ccc5cc(Br)ccc5c4C3(C)C)/C(=C/C=C3/N(CCCCS(=O)(=O)[O-])c4ccc5cc(Br)ccc5c4C3(C)C)c3ccccc32)C(C)(C)c2c1ccc1cc(Br)ccc21.[NH4+].[NH4+]. The second kappa shape index (κ2) is 36.1. The summed E-state index contributed by atoms with van der Waals surface area (Å²) < 4.78 is 82.1. The molecule has 0 saturated heterocycles. The third-order valence-corrected chi connectivity index (χ3v) is 30.3. The van der Waals surface area contributed by atoms with Crippen molar-refractivity contribution in [2.45, 2.75) is 155 Å². The molecule has 20 heteroatoms. The molecule has 9 N–H and O–H groups in total. The number of benzene rings is 10. The van der Waals surface area contributed by atoms with E-state index in [0.29, 0.717) is 38.2 Å². The van der Waals surface area contributed by atoms with Crippen LogP contribution in [0.5, 0.6) is 0 Å². The number of unbranched alkanes of at least 4 members (excludes halogenated alkanes) is 6. The Morgan fingerprint density at radius 3 is 1.21 bits per heavy atom. The van der Waals surface area contributed by atoms with Gasteiger partial charge in [-0.1, -0.05) is 215 Å². The molecule has 10 aromatic rings. The highest BCUT2D eigenvalue weighted by molar-refractivity contribution is 9.11. The number of anilines is 2. The van der Waals surface area contributed by atoms with Crippen molar-refractivity contribution >= 4 is 195 Å². The van der Waals surface area contributed by atoms with E-state index < -0.39 is 42.6 Å². The summed E-state index contributed by atoms with van der Waals surface area (Å²) in [6, 6.07) is 62.0. The summed E-state index contributed by atoms with van der Waals surface area (Å²) in [7, 11) is -8.83. The van der Waals surface area contributed by atoms with Gasteiger partial charge in [-0.25, -0.2) is 16.8 Å². The summed E-state index contributed by atoms with van der Waals surface area (Å²) in [5.41, 5.74) is 22.6. The number of thioether (sulfide) groups is 1. The first-order valence-corrected chi connectivity index (χ1v) is 49.6.